The molecule has 20 heavy (non-hydrogen) atoms. The van der Waals surface area contributed by atoms with Crippen molar-refractivity contribution in [2.24, 2.45) is 0 Å². The SMILES string of the molecule is CCNC(c1ccc(C(C)(C)C)cc1)c1ccoc1C. The lowest BCUT2D eigenvalue weighted by Gasteiger charge is -2.22. The van der Waals surface area contributed by atoms with Gasteiger partial charge in [-0.15, -0.1) is 0 Å². The lowest BCUT2D eigenvalue weighted by atomic mass is 9.86. The van der Waals surface area contributed by atoms with Crippen LogP contribution >= 0.6 is 0 Å². The third-order valence-electron chi connectivity index (χ3n) is 3.73. The van der Waals surface area contributed by atoms with Gasteiger partial charge in [-0.3, -0.25) is 0 Å². The van der Waals surface area contributed by atoms with Gasteiger partial charge >= 0.3 is 0 Å². The largest absolute Gasteiger partial charge is 0.469 e. The zero-order chi connectivity index (χ0) is 14.8. The Hall–Kier alpha value is -1.54. The molecule has 2 rings (SSSR count). The van der Waals surface area contributed by atoms with Crippen LogP contribution in [-0.2, 0) is 5.41 Å². The summed E-state index contributed by atoms with van der Waals surface area (Å²) in [5, 5.41) is 3.54. The summed E-state index contributed by atoms with van der Waals surface area (Å²) < 4.78 is 5.45. The van der Waals surface area contributed by atoms with Gasteiger partial charge in [-0.2, -0.15) is 0 Å². The fraction of sp³-hybridized carbons (Fsp3) is 0.444. The molecule has 0 saturated heterocycles. The Morgan fingerprint density at radius 2 is 1.75 bits per heavy atom. The highest BCUT2D eigenvalue weighted by molar-refractivity contribution is 5.36. The van der Waals surface area contributed by atoms with Crippen molar-refractivity contribution in [1.29, 1.82) is 0 Å². The maximum Gasteiger partial charge on any atom is 0.105 e. The van der Waals surface area contributed by atoms with Crippen molar-refractivity contribution in [3.8, 4) is 0 Å². The molecule has 1 aromatic heterocycles. The van der Waals surface area contributed by atoms with E-state index in [0.29, 0.717) is 0 Å². The summed E-state index contributed by atoms with van der Waals surface area (Å²) >= 11 is 0. The van der Waals surface area contributed by atoms with Crippen LogP contribution < -0.4 is 5.32 Å². The molecule has 2 heteroatoms. The van der Waals surface area contributed by atoms with Gasteiger partial charge in [-0.1, -0.05) is 52.0 Å². The quantitative estimate of drug-likeness (QED) is 0.880. The average molecular weight is 271 g/mol. The number of furan rings is 1. The first kappa shape index (κ1) is 14.9. The van der Waals surface area contributed by atoms with Gasteiger partial charge in [0.1, 0.15) is 5.76 Å². The minimum Gasteiger partial charge on any atom is -0.469 e. The molecule has 0 saturated carbocycles. The Bertz CT molecular complexity index is 546. The molecule has 0 aliphatic carbocycles. The van der Waals surface area contributed by atoms with Crippen LogP contribution in [0.3, 0.4) is 0 Å². The summed E-state index contributed by atoms with van der Waals surface area (Å²) in [5.74, 6) is 0.982. The Labute approximate surface area is 122 Å². The van der Waals surface area contributed by atoms with Gasteiger partial charge in [0, 0.05) is 5.56 Å². The van der Waals surface area contributed by atoms with Crippen LogP contribution in [0, 0.1) is 6.92 Å². The maximum absolute atomic E-state index is 5.45. The first-order valence-corrected chi connectivity index (χ1v) is 7.31. The Kier molecular flexibility index (Phi) is 4.34. The van der Waals surface area contributed by atoms with Crippen LogP contribution in [0.2, 0.25) is 0 Å². The summed E-state index contributed by atoms with van der Waals surface area (Å²) in [4.78, 5) is 0. The number of hydrogen-bond acceptors (Lipinski definition) is 2. The second kappa shape index (κ2) is 5.84. The van der Waals surface area contributed by atoms with E-state index in [9.17, 15) is 0 Å². The van der Waals surface area contributed by atoms with Crippen molar-refractivity contribution < 1.29 is 4.42 Å². The van der Waals surface area contributed by atoms with Crippen LogP contribution in [0.25, 0.3) is 0 Å². The lowest BCUT2D eigenvalue weighted by Crippen LogP contribution is -2.22. The second-order valence-electron chi connectivity index (χ2n) is 6.29. The highest BCUT2D eigenvalue weighted by Crippen LogP contribution is 2.28. The Balaban J connectivity index is 2.33. The van der Waals surface area contributed by atoms with Crippen molar-refractivity contribution in [3.05, 3.63) is 59.0 Å². The van der Waals surface area contributed by atoms with Crippen LogP contribution in [-0.4, -0.2) is 6.54 Å². The van der Waals surface area contributed by atoms with Crippen LogP contribution in [0.5, 0.6) is 0 Å². The van der Waals surface area contributed by atoms with E-state index in [-0.39, 0.29) is 11.5 Å². The Morgan fingerprint density at radius 1 is 1.10 bits per heavy atom. The highest BCUT2D eigenvalue weighted by Gasteiger charge is 2.18. The molecule has 108 valence electrons. The predicted molar refractivity (Wildman–Crippen MR) is 84.1 cm³/mol. The van der Waals surface area contributed by atoms with Gasteiger partial charge in [0.2, 0.25) is 0 Å². The molecule has 1 heterocycles. The standard InChI is InChI=1S/C18H25NO/c1-6-19-17(16-11-12-20-13(16)2)14-7-9-15(10-8-14)18(3,4)5/h7-12,17,19H,6H2,1-5H3. The van der Waals surface area contributed by atoms with Gasteiger partial charge in [0.25, 0.3) is 0 Å². The summed E-state index contributed by atoms with van der Waals surface area (Å²) in [6.45, 7) is 11.8. The molecule has 0 aliphatic rings. The predicted octanol–water partition coefficient (Wildman–Crippen LogP) is 4.58. The van der Waals surface area contributed by atoms with Gasteiger partial charge in [-0.25, -0.2) is 0 Å². The van der Waals surface area contributed by atoms with E-state index >= 15 is 0 Å². The molecule has 2 aromatic rings. The summed E-state index contributed by atoms with van der Waals surface area (Å²) in [7, 11) is 0. The van der Waals surface area contributed by atoms with E-state index < -0.39 is 0 Å². The normalized spacial score (nSPS) is 13.4. The molecule has 1 aromatic carbocycles. The molecule has 0 radical (unpaired) electrons. The smallest absolute Gasteiger partial charge is 0.105 e. The number of aryl methyl sites for hydroxylation is 1. The van der Waals surface area contributed by atoms with Gasteiger partial charge in [-0.05, 0) is 36.1 Å². The van der Waals surface area contributed by atoms with E-state index in [4.69, 9.17) is 4.42 Å². The summed E-state index contributed by atoms with van der Waals surface area (Å²) in [5.41, 5.74) is 4.05. The molecule has 1 unspecified atom stereocenters. The molecular formula is C18H25NO. The first-order chi connectivity index (χ1) is 9.43. The summed E-state index contributed by atoms with van der Waals surface area (Å²) in [6.07, 6.45) is 1.76. The molecule has 0 amide bonds. The number of benzene rings is 1. The molecule has 0 spiro atoms. The fourth-order valence-electron chi connectivity index (χ4n) is 2.48. The van der Waals surface area contributed by atoms with E-state index in [0.717, 1.165) is 12.3 Å². The summed E-state index contributed by atoms with van der Waals surface area (Å²) in [6, 6.07) is 11.2. The average Bonchev–Trinajstić information content (AvgIpc) is 2.81. The fourth-order valence-corrected chi connectivity index (χ4v) is 2.48. The van der Waals surface area contributed by atoms with E-state index in [1.165, 1.54) is 16.7 Å². The Morgan fingerprint density at radius 3 is 2.20 bits per heavy atom. The van der Waals surface area contributed by atoms with Crippen molar-refractivity contribution >= 4 is 0 Å². The lowest BCUT2D eigenvalue weighted by molar-refractivity contribution is 0.519. The molecule has 0 aliphatic heterocycles. The third kappa shape index (κ3) is 3.13. The minimum absolute atomic E-state index is 0.192. The van der Waals surface area contributed by atoms with Crippen molar-refractivity contribution in [2.75, 3.05) is 6.54 Å². The number of hydrogen-bond donors (Lipinski definition) is 1. The molecule has 0 fully saturated rings. The topological polar surface area (TPSA) is 25.2 Å². The molecule has 1 atom stereocenters. The van der Waals surface area contributed by atoms with E-state index in [1.54, 1.807) is 6.26 Å². The van der Waals surface area contributed by atoms with E-state index in [2.05, 4.69) is 63.3 Å². The number of rotatable bonds is 4. The first-order valence-electron chi connectivity index (χ1n) is 7.31. The minimum atomic E-state index is 0.192. The van der Waals surface area contributed by atoms with Crippen molar-refractivity contribution in [1.82, 2.24) is 5.32 Å². The van der Waals surface area contributed by atoms with Crippen LogP contribution in [0.1, 0.15) is 56.2 Å². The van der Waals surface area contributed by atoms with Crippen LogP contribution in [0.15, 0.2) is 41.0 Å². The van der Waals surface area contributed by atoms with E-state index in [1.807, 2.05) is 6.92 Å². The number of nitrogens with one attached hydrogen (secondary N) is 1. The monoisotopic (exact) mass is 271 g/mol. The van der Waals surface area contributed by atoms with Gasteiger partial charge in [0.15, 0.2) is 0 Å². The van der Waals surface area contributed by atoms with Gasteiger partial charge < -0.3 is 9.73 Å². The van der Waals surface area contributed by atoms with Gasteiger partial charge in [0.05, 0.1) is 12.3 Å². The third-order valence-corrected chi connectivity index (χ3v) is 3.73. The highest BCUT2D eigenvalue weighted by atomic mass is 16.3. The molecule has 2 nitrogen and oxygen atoms in total. The van der Waals surface area contributed by atoms with Crippen molar-refractivity contribution in [3.63, 3.8) is 0 Å². The van der Waals surface area contributed by atoms with Crippen LogP contribution in [0.4, 0.5) is 0 Å². The van der Waals surface area contributed by atoms with Crippen molar-refractivity contribution in [2.45, 2.75) is 46.1 Å². The second-order valence-corrected chi connectivity index (χ2v) is 6.29. The molecule has 0 bridgehead atoms. The molecular weight excluding hydrogens is 246 g/mol. The molecule has 1 N–H and O–H groups in total. The maximum atomic E-state index is 5.45. The zero-order valence-electron chi connectivity index (χ0n) is 13.2. The zero-order valence-corrected chi connectivity index (χ0v) is 13.2.